The summed E-state index contributed by atoms with van der Waals surface area (Å²) >= 11 is 0. The third kappa shape index (κ3) is 5.61. The second-order valence-electron chi connectivity index (χ2n) is 7.50. The molecule has 0 unspecified atom stereocenters. The Kier molecular flexibility index (Phi) is 6.83. The summed E-state index contributed by atoms with van der Waals surface area (Å²) in [5, 5.41) is 6.06. The molecule has 142 valence electrons. The summed E-state index contributed by atoms with van der Waals surface area (Å²) in [6.45, 7) is 7.43. The number of carbonyl (C=O) groups is 2. The Hall–Kier alpha value is -2.30. The van der Waals surface area contributed by atoms with Crippen molar-refractivity contribution in [3.05, 3.63) is 43.0 Å². The highest BCUT2D eigenvalue weighted by Gasteiger charge is 2.36. The number of hydrogen-bond acceptors (Lipinski definition) is 3. The van der Waals surface area contributed by atoms with Crippen molar-refractivity contribution in [3.63, 3.8) is 0 Å². The molecule has 2 N–H and O–H groups in total. The fourth-order valence-corrected chi connectivity index (χ4v) is 3.36. The number of rotatable bonds is 7. The van der Waals surface area contributed by atoms with Crippen LogP contribution in [0.3, 0.4) is 0 Å². The van der Waals surface area contributed by atoms with Crippen molar-refractivity contribution in [3.8, 4) is 5.75 Å². The van der Waals surface area contributed by atoms with E-state index in [0.29, 0.717) is 12.3 Å². The Morgan fingerprint density at radius 3 is 2.35 bits per heavy atom. The molecule has 1 saturated carbocycles. The summed E-state index contributed by atoms with van der Waals surface area (Å²) < 4.78 is 5.85. The predicted molar refractivity (Wildman–Crippen MR) is 103 cm³/mol. The van der Waals surface area contributed by atoms with E-state index in [0.717, 1.165) is 38.5 Å². The Morgan fingerprint density at radius 1 is 1.15 bits per heavy atom. The monoisotopic (exact) mass is 358 g/mol. The highest BCUT2D eigenvalue weighted by molar-refractivity contribution is 5.88. The van der Waals surface area contributed by atoms with E-state index in [2.05, 4.69) is 17.2 Å². The van der Waals surface area contributed by atoms with Gasteiger partial charge in [0.2, 0.25) is 5.91 Å². The molecule has 0 aromatic heterocycles. The summed E-state index contributed by atoms with van der Waals surface area (Å²) in [7, 11) is 0. The zero-order valence-electron chi connectivity index (χ0n) is 15.8. The SMILES string of the molecule is C=CC(=O)NC1(CNC(=O)C(C)(C)Oc2ccccc2)CCCCCC1. The van der Waals surface area contributed by atoms with E-state index < -0.39 is 11.1 Å². The molecule has 0 aliphatic heterocycles. The largest absolute Gasteiger partial charge is 0.478 e. The van der Waals surface area contributed by atoms with Crippen molar-refractivity contribution in [2.24, 2.45) is 0 Å². The molecule has 2 amide bonds. The summed E-state index contributed by atoms with van der Waals surface area (Å²) in [6.07, 6.45) is 7.38. The zero-order chi connectivity index (χ0) is 19.0. The Morgan fingerprint density at radius 2 is 1.77 bits per heavy atom. The lowest BCUT2D eigenvalue weighted by molar-refractivity contribution is -0.135. The Labute approximate surface area is 156 Å². The fraction of sp³-hybridized carbons (Fsp3) is 0.524. The first-order valence-corrected chi connectivity index (χ1v) is 9.34. The van der Waals surface area contributed by atoms with E-state index in [9.17, 15) is 9.59 Å². The molecule has 2 rings (SSSR count). The minimum Gasteiger partial charge on any atom is -0.478 e. The van der Waals surface area contributed by atoms with Crippen LogP contribution in [0.15, 0.2) is 43.0 Å². The van der Waals surface area contributed by atoms with Gasteiger partial charge in [0, 0.05) is 6.54 Å². The minimum absolute atomic E-state index is 0.194. The maximum absolute atomic E-state index is 12.7. The standard InChI is InChI=1S/C21H30N2O3/c1-4-18(24)23-21(14-10-5-6-11-15-21)16-22-19(25)20(2,3)26-17-12-8-7-9-13-17/h4,7-9,12-13H,1,5-6,10-11,14-16H2,2-3H3,(H,22,25)(H,23,24). The first-order chi connectivity index (χ1) is 12.4. The maximum Gasteiger partial charge on any atom is 0.263 e. The minimum atomic E-state index is -1.00. The molecule has 26 heavy (non-hydrogen) atoms. The van der Waals surface area contributed by atoms with Crippen LogP contribution >= 0.6 is 0 Å². The van der Waals surface area contributed by atoms with E-state index in [1.807, 2.05) is 30.3 Å². The van der Waals surface area contributed by atoms with Crippen molar-refractivity contribution in [2.75, 3.05) is 6.54 Å². The molecule has 5 nitrogen and oxygen atoms in total. The van der Waals surface area contributed by atoms with Crippen molar-refractivity contribution in [1.29, 1.82) is 0 Å². The topological polar surface area (TPSA) is 67.4 Å². The highest BCUT2D eigenvalue weighted by atomic mass is 16.5. The van der Waals surface area contributed by atoms with Gasteiger partial charge < -0.3 is 15.4 Å². The van der Waals surface area contributed by atoms with Gasteiger partial charge in [0.1, 0.15) is 5.75 Å². The van der Waals surface area contributed by atoms with Crippen LogP contribution in [0.2, 0.25) is 0 Å². The van der Waals surface area contributed by atoms with Crippen molar-refractivity contribution in [2.45, 2.75) is 63.5 Å². The molecule has 1 aliphatic carbocycles. The van der Waals surface area contributed by atoms with E-state index in [1.165, 1.54) is 6.08 Å². The van der Waals surface area contributed by atoms with Gasteiger partial charge in [0.25, 0.3) is 5.91 Å². The number of para-hydroxylation sites is 1. The van der Waals surface area contributed by atoms with Crippen LogP contribution < -0.4 is 15.4 Å². The number of amides is 2. The van der Waals surface area contributed by atoms with Gasteiger partial charge in [0.05, 0.1) is 5.54 Å². The maximum atomic E-state index is 12.7. The normalized spacial score (nSPS) is 16.8. The molecule has 0 saturated heterocycles. The van der Waals surface area contributed by atoms with Gasteiger partial charge in [-0.25, -0.2) is 0 Å². The predicted octanol–water partition coefficient (Wildman–Crippen LogP) is 3.36. The van der Waals surface area contributed by atoms with E-state index >= 15 is 0 Å². The van der Waals surface area contributed by atoms with E-state index in [4.69, 9.17) is 4.74 Å². The fourth-order valence-electron chi connectivity index (χ4n) is 3.36. The molecule has 1 aliphatic rings. The lowest BCUT2D eigenvalue weighted by atomic mass is 9.89. The molecule has 1 fully saturated rings. The summed E-state index contributed by atoms with van der Waals surface area (Å²) in [4.78, 5) is 24.6. The molecule has 0 radical (unpaired) electrons. The molecular weight excluding hydrogens is 328 g/mol. The lowest BCUT2D eigenvalue weighted by Crippen LogP contribution is -2.58. The number of benzene rings is 1. The van der Waals surface area contributed by atoms with E-state index in [-0.39, 0.29) is 11.8 Å². The Bertz CT molecular complexity index is 617. The number of hydrogen-bond donors (Lipinski definition) is 2. The molecule has 0 atom stereocenters. The summed E-state index contributed by atoms with van der Waals surface area (Å²) in [5.41, 5.74) is -1.42. The quantitative estimate of drug-likeness (QED) is 0.580. The van der Waals surface area contributed by atoms with Gasteiger partial charge in [-0.3, -0.25) is 9.59 Å². The second kappa shape index (κ2) is 8.88. The van der Waals surface area contributed by atoms with Crippen LogP contribution in [0.5, 0.6) is 5.75 Å². The van der Waals surface area contributed by atoms with Crippen LogP contribution in [0.25, 0.3) is 0 Å². The van der Waals surface area contributed by atoms with Crippen molar-refractivity contribution in [1.82, 2.24) is 10.6 Å². The summed E-state index contributed by atoms with van der Waals surface area (Å²) in [5.74, 6) is 0.260. The van der Waals surface area contributed by atoms with Gasteiger partial charge in [0.15, 0.2) is 5.60 Å². The van der Waals surface area contributed by atoms with Crippen LogP contribution in [0.1, 0.15) is 52.4 Å². The number of ether oxygens (including phenoxy) is 1. The average molecular weight is 358 g/mol. The van der Waals surface area contributed by atoms with Gasteiger partial charge in [-0.15, -0.1) is 0 Å². The number of carbonyl (C=O) groups excluding carboxylic acids is 2. The first kappa shape index (κ1) is 20.0. The van der Waals surface area contributed by atoms with Gasteiger partial charge >= 0.3 is 0 Å². The van der Waals surface area contributed by atoms with Crippen LogP contribution in [0.4, 0.5) is 0 Å². The molecule has 1 aromatic rings. The Balaban J connectivity index is 2.02. The van der Waals surface area contributed by atoms with Crippen molar-refractivity contribution < 1.29 is 14.3 Å². The van der Waals surface area contributed by atoms with Crippen LogP contribution in [-0.4, -0.2) is 29.5 Å². The average Bonchev–Trinajstić information content (AvgIpc) is 2.86. The molecule has 1 aromatic carbocycles. The molecule has 5 heteroatoms. The molecule has 0 spiro atoms. The zero-order valence-corrected chi connectivity index (χ0v) is 15.8. The lowest BCUT2D eigenvalue weighted by Gasteiger charge is -2.35. The van der Waals surface area contributed by atoms with Gasteiger partial charge in [-0.1, -0.05) is 50.5 Å². The second-order valence-corrected chi connectivity index (χ2v) is 7.50. The molecule has 0 heterocycles. The molecular formula is C21H30N2O3. The number of nitrogens with one attached hydrogen (secondary N) is 2. The third-order valence-corrected chi connectivity index (χ3v) is 4.88. The van der Waals surface area contributed by atoms with Gasteiger partial charge in [-0.2, -0.15) is 0 Å². The molecule has 0 bridgehead atoms. The van der Waals surface area contributed by atoms with E-state index in [1.54, 1.807) is 13.8 Å². The first-order valence-electron chi connectivity index (χ1n) is 9.34. The van der Waals surface area contributed by atoms with Crippen molar-refractivity contribution >= 4 is 11.8 Å². The third-order valence-electron chi connectivity index (χ3n) is 4.88. The summed E-state index contributed by atoms with van der Waals surface area (Å²) in [6, 6.07) is 9.29. The van der Waals surface area contributed by atoms with Crippen LogP contribution in [0, 0.1) is 0 Å². The van der Waals surface area contributed by atoms with Gasteiger partial charge in [-0.05, 0) is 44.9 Å². The highest BCUT2D eigenvalue weighted by Crippen LogP contribution is 2.27. The smallest absolute Gasteiger partial charge is 0.263 e. The van der Waals surface area contributed by atoms with Crippen LogP contribution in [-0.2, 0) is 9.59 Å².